The summed E-state index contributed by atoms with van der Waals surface area (Å²) >= 11 is 0. The van der Waals surface area contributed by atoms with Gasteiger partial charge in [-0.1, -0.05) is 61.9 Å². The molecule has 0 spiro atoms. The molecule has 0 fully saturated rings. The van der Waals surface area contributed by atoms with Crippen LogP contribution in [0, 0.1) is 11.3 Å². The molecule has 0 radical (unpaired) electrons. The molecule has 5 aromatic rings. The number of carbonyl (C=O) groups is 1. The zero-order chi connectivity index (χ0) is 24.4. The Kier molecular flexibility index (Phi) is 6.07. The smallest absolute Gasteiger partial charge is 0.340 e. The largest absolute Gasteiger partial charge is 0.465 e. The minimum atomic E-state index is -0.370. The van der Waals surface area contributed by atoms with Crippen LogP contribution in [0.5, 0.6) is 0 Å². The first-order chi connectivity index (χ1) is 17.1. The minimum absolute atomic E-state index is 0.309. The molecule has 2 aromatic heterocycles. The van der Waals surface area contributed by atoms with Gasteiger partial charge in [0.25, 0.3) is 0 Å². The second-order valence-corrected chi connectivity index (χ2v) is 8.49. The Morgan fingerprint density at radius 1 is 1.09 bits per heavy atom. The number of nitriles is 1. The first-order valence-electron chi connectivity index (χ1n) is 11.7. The number of furan rings is 1. The highest BCUT2D eigenvalue weighted by Crippen LogP contribution is 2.34. The molecule has 5 rings (SSSR count). The molecule has 2 heterocycles. The van der Waals surface area contributed by atoms with Gasteiger partial charge in [0.1, 0.15) is 17.5 Å². The molecule has 0 amide bonds. The molecular formula is C29H25N3O3. The van der Waals surface area contributed by atoms with Gasteiger partial charge in [-0.05, 0) is 35.7 Å². The number of carbonyl (C=O) groups excluding carboxylic acids is 1. The summed E-state index contributed by atoms with van der Waals surface area (Å²) in [6.07, 6.45) is 2.90. The number of nitrogens with zero attached hydrogens (tertiary/aromatic N) is 3. The van der Waals surface area contributed by atoms with Crippen molar-refractivity contribution in [1.29, 1.82) is 5.26 Å². The number of hydrogen-bond donors (Lipinski definition) is 0. The number of imidazole rings is 1. The molecule has 0 saturated carbocycles. The number of benzene rings is 3. The number of ether oxygens (including phenoxy) is 1. The molecule has 0 atom stereocenters. The van der Waals surface area contributed by atoms with Crippen LogP contribution in [0.25, 0.3) is 33.1 Å². The fourth-order valence-corrected chi connectivity index (χ4v) is 4.57. The van der Waals surface area contributed by atoms with Crippen LogP contribution in [0.4, 0.5) is 0 Å². The summed E-state index contributed by atoms with van der Waals surface area (Å²) in [5.74, 6) is 0.893. The Morgan fingerprint density at radius 2 is 1.89 bits per heavy atom. The summed E-state index contributed by atoms with van der Waals surface area (Å²) in [6.45, 7) is 2.72. The van der Waals surface area contributed by atoms with Crippen LogP contribution in [0.15, 0.2) is 71.1 Å². The number of aryl methyl sites for hydroxylation is 1. The maximum Gasteiger partial charge on any atom is 0.340 e. The van der Waals surface area contributed by atoms with Crippen LogP contribution < -0.4 is 0 Å². The standard InChI is InChI=1S/C29H25N3O3/c1-3-4-12-26-31-23-10-7-9-22(29(33)34-2)28(23)32(26)18-19-13-15-20(16-14-19)27-21-8-5-6-11-24(21)35-25(27)17-30/h5-11,13-16H,3-4,12,18H2,1-2H3. The van der Waals surface area contributed by atoms with E-state index in [-0.39, 0.29) is 5.97 Å². The Bertz CT molecular complexity index is 1570. The van der Waals surface area contributed by atoms with Gasteiger partial charge in [0, 0.05) is 23.9 Å². The predicted octanol–water partition coefficient (Wildman–Crippen LogP) is 6.50. The van der Waals surface area contributed by atoms with Crippen molar-refractivity contribution in [2.24, 2.45) is 0 Å². The Labute approximate surface area is 203 Å². The number of para-hydroxylation sites is 2. The molecule has 174 valence electrons. The van der Waals surface area contributed by atoms with E-state index in [1.54, 1.807) is 6.07 Å². The number of fused-ring (bicyclic) bond motifs is 2. The highest BCUT2D eigenvalue weighted by atomic mass is 16.5. The summed E-state index contributed by atoms with van der Waals surface area (Å²) in [5, 5.41) is 10.5. The van der Waals surface area contributed by atoms with Gasteiger partial charge in [-0.2, -0.15) is 5.26 Å². The van der Waals surface area contributed by atoms with Gasteiger partial charge in [-0.3, -0.25) is 0 Å². The van der Waals surface area contributed by atoms with Crippen LogP contribution in [0.2, 0.25) is 0 Å². The number of hydrogen-bond acceptors (Lipinski definition) is 5. The Balaban J connectivity index is 1.56. The van der Waals surface area contributed by atoms with E-state index in [1.807, 2.05) is 48.5 Å². The number of esters is 1. The van der Waals surface area contributed by atoms with Crippen molar-refractivity contribution in [2.45, 2.75) is 32.7 Å². The van der Waals surface area contributed by atoms with Gasteiger partial charge < -0.3 is 13.7 Å². The van der Waals surface area contributed by atoms with E-state index in [1.165, 1.54) is 7.11 Å². The molecule has 0 aliphatic rings. The zero-order valence-corrected chi connectivity index (χ0v) is 19.7. The highest BCUT2D eigenvalue weighted by molar-refractivity contribution is 6.02. The lowest BCUT2D eigenvalue weighted by molar-refractivity contribution is 0.0602. The lowest BCUT2D eigenvalue weighted by atomic mass is 10.0. The molecule has 35 heavy (non-hydrogen) atoms. The van der Waals surface area contributed by atoms with Crippen LogP contribution in [0.1, 0.15) is 47.3 Å². The summed E-state index contributed by atoms with van der Waals surface area (Å²) < 4.78 is 12.9. The van der Waals surface area contributed by atoms with Crippen molar-refractivity contribution in [3.8, 4) is 17.2 Å². The molecule has 6 nitrogen and oxygen atoms in total. The molecule has 0 N–H and O–H groups in total. The van der Waals surface area contributed by atoms with Gasteiger partial charge in [-0.25, -0.2) is 9.78 Å². The fraction of sp³-hybridized carbons (Fsp3) is 0.207. The summed E-state index contributed by atoms with van der Waals surface area (Å²) in [6, 6.07) is 23.5. The third kappa shape index (κ3) is 4.06. The number of methoxy groups -OCH3 is 1. The van der Waals surface area contributed by atoms with Gasteiger partial charge in [0.15, 0.2) is 0 Å². The predicted molar refractivity (Wildman–Crippen MR) is 135 cm³/mol. The molecule has 0 bridgehead atoms. The third-order valence-electron chi connectivity index (χ3n) is 6.29. The second kappa shape index (κ2) is 9.47. The topological polar surface area (TPSA) is 81.0 Å². The maximum atomic E-state index is 12.5. The lowest BCUT2D eigenvalue weighted by Gasteiger charge is -2.12. The molecule has 0 unspecified atom stereocenters. The summed E-state index contributed by atoms with van der Waals surface area (Å²) in [7, 11) is 1.40. The zero-order valence-electron chi connectivity index (χ0n) is 19.7. The molecule has 0 aliphatic carbocycles. The van der Waals surface area contributed by atoms with E-state index in [0.29, 0.717) is 23.5 Å². The van der Waals surface area contributed by atoms with E-state index < -0.39 is 0 Å². The Hall–Kier alpha value is -4.37. The molecule has 0 aliphatic heterocycles. The van der Waals surface area contributed by atoms with Crippen LogP contribution in [0.3, 0.4) is 0 Å². The van der Waals surface area contributed by atoms with Crippen molar-refractivity contribution in [1.82, 2.24) is 9.55 Å². The Morgan fingerprint density at radius 3 is 2.63 bits per heavy atom. The number of unbranched alkanes of at least 4 members (excludes halogenated alkanes) is 1. The lowest BCUT2D eigenvalue weighted by Crippen LogP contribution is -2.09. The SMILES string of the molecule is CCCCc1nc2cccc(C(=O)OC)c2n1Cc1ccc(-c2c(C#N)oc3ccccc23)cc1. The van der Waals surface area contributed by atoms with Crippen LogP contribution in [-0.2, 0) is 17.7 Å². The molecule has 3 aromatic carbocycles. The first kappa shape index (κ1) is 22.4. The first-order valence-corrected chi connectivity index (χ1v) is 11.7. The van der Waals surface area contributed by atoms with Crippen molar-refractivity contribution >= 4 is 28.0 Å². The minimum Gasteiger partial charge on any atom is -0.465 e. The van der Waals surface area contributed by atoms with E-state index >= 15 is 0 Å². The monoisotopic (exact) mass is 463 g/mol. The average molecular weight is 464 g/mol. The number of rotatable bonds is 7. The molecule has 0 saturated heterocycles. The quantitative estimate of drug-likeness (QED) is 0.257. The number of aromatic nitrogens is 2. The molecular weight excluding hydrogens is 438 g/mol. The van der Waals surface area contributed by atoms with Crippen molar-refractivity contribution in [3.63, 3.8) is 0 Å². The van der Waals surface area contributed by atoms with Crippen LogP contribution >= 0.6 is 0 Å². The average Bonchev–Trinajstić information content (AvgIpc) is 3.45. The van der Waals surface area contributed by atoms with E-state index in [2.05, 4.69) is 29.7 Å². The van der Waals surface area contributed by atoms with Crippen molar-refractivity contribution in [3.05, 3.63) is 89.4 Å². The normalized spacial score (nSPS) is 11.1. The van der Waals surface area contributed by atoms with Crippen molar-refractivity contribution < 1.29 is 13.9 Å². The van der Waals surface area contributed by atoms with E-state index in [4.69, 9.17) is 14.1 Å². The summed E-state index contributed by atoms with van der Waals surface area (Å²) in [4.78, 5) is 17.3. The highest BCUT2D eigenvalue weighted by Gasteiger charge is 2.19. The van der Waals surface area contributed by atoms with Gasteiger partial charge in [0.2, 0.25) is 5.76 Å². The van der Waals surface area contributed by atoms with Gasteiger partial charge in [-0.15, -0.1) is 0 Å². The third-order valence-corrected chi connectivity index (χ3v) is 6.29. The van der Waals surface area contributed by atoms with E-state index in [9.17, 15) is 10.1 Å². The van der Waals surface area contributed by atoms with E-state index in [0.717, 1.165) is 58.2 Å². The van der Waals surface area contributed by atoms with Gasteiger partial charge in [0.05, 0.1) is 23.7 Å². The van der Waals surface area contributed by atoms with Crippen LogP contribution in [-0.4, -0.2) is 22.6 Å². The molecule has 6 heteroatoms. The second-order valence-electron chi connectivity index (χ2n) is 8.49. The van der Waals surface area contributed by atoms with Crippen molar-refractivity contribution in [2.75, 3.05) is 7.11 Å². The maximum absolute atomic E-state index is 12.5. The summed E-state index contributed by atoms with van der Waals surface area (Å²) in [5.41, 5.74) is 5.59. The van der Waals surface area contributed by atoms with Gasteiger partial charge >= 0.3 is 5.97 Å². The fourth-order valence-electron chi connectivity index (χ4n) is 4.57.